The zero-order chi connectivity index (χ0) is 11.9. The lowest BCUT2D eigenvalue weighted by Crippen LogP contribution is -2.21. The molecule has 0 radical (unpaired) electrons. The second-order valence-corrected chi connectivity index (χ2v) is 4.55. The summed E-state index contributed by atoms with van der Waals surface area (Å²) in [4.78, 5) is 19.2. The first-order valence-electron chi connectivity index (χ1n) is 4.84. The Bertz CT molecular complexity index is 553. The van der Waals surface area contributed by atoms with E-state index in [9.17, 15) is 9.90 Å². The number of carbonyl (C=O) groups is 1. The molecular weight excluding hydrogens is 208 g/mol. The summed E-state index contributed by atoms with van der Waals surface area (Å²) in [5.41, 5.74) is 0.453. The van der Waals surface area contributed by atoms with E-state index in [-0.39, 0.29) is 11.1 Å². The summed E-state index contributed by atoms with van der Waals surface area (Å²) in [6.45, 7) is 5.79. The molecule has 0 aromatic carbocycles. The molecule has 0 amide bonds. The molecule has 0 saturated heterocycles. The van der Waals surface area contributed by atoms with Crippen LogP contribution in [0.15, 0.2) is 12.5 Å². The summed E-state index contributed by atoms with van der Waals surface area (Å²) >= 11 is 0. The van der Waals surface area contributed by atoms with E-state index < -0.39 is 5.97 Å². The fraction of sp³-hybridized carbons (Fsp3) is 0.400. The van der Waals surface area contributed by atoms with Gasteiger partial charge in [0.25, 0.3) is 5.78 Å². The molecule has 6 nitrogen and oxygen atoms in total. The van der Waals surface area contributed by atoms with Crippen LogP contribution >= 0.6 is 0 Å². The topological polar surface area (TPSA) is 80.4 Å². The lowest BCUT2D eigenvalue weighted by atomic mass is 9.87. The molecule has 2 aromatic heterocycles. The summed E-state index contributed by atoms with van der Waals surface area (Å²) in [6.07, 6.45) is 2.84. The van der Waals surface area contributed by atoms with Crippen molar-refractivity contribution >= 4 is 11.7 Å². The summed E-state index contributed by atoms with van der Waals surface area (Å²) in [5, 5.41) is 13.1. The van der Waals surface area contributed by atoms with E-state index in [0.717, 1.165) is 0 Å². The van der Waals surface area contributed by atoms with Gasteiger partial charge in [-0.1, -0.05) is 20.8 Å². The fourth-order valence-corrected chi connectivity index (χ4v) is 1.53. The Kier molecular flexibility index (Phi) is 2.15. The average molecular weight is 220 g/mol. The molecular formula is C10H12N4O2. The first-order chi connectivity index (χ1) is 7.41. The van der Waals surface area contributed by atoms with Crippen LogP contribution in [0.2, 0.25) is 0 Å². The minimum atomic E-state index is -1.03. The van der Waals surface area contributed by atoms with Gasteiger partial charge in [-0.3, -0.25) is 0 Å². The van der Waals surface area contributed by atoms with E-state index in [1.165, 1.54) is 10.8 Å². The van der Waals surface area contributed by atoms with Gasteiger partial charge < -0.3 is 5.11 Å². The third kappa shape index (κ3) is 1.52. The molecule has 0 aliphatic rings. The summed E-state index contributed by atoms with van der Waals surface area (Å²) in [7, 11) is 0. The zero-order valence-electron chi connectivity index (χ0n) is 9.30. The maximum Gasteiger partial charge on any atom is 0.355 e. The van der Waals surface area contributed by atoms with Crippen molar-refractivity contribution in [3.63, 3.8) is 0 Å². The second-order valence-electron chi connectivity index (χ2n) is 4.55. The van der Waals surface area contributed by atoms with Crippen molar-refractivity contribution < 1.29 is 9.90 Å². The molecule has 84 valence electrons. The quantitative estimate of drug-likeness (QED) is 0.778. The normalized spacial score (nSPS) is 11.9. The van der Waals surface area contributed by atoms with Crippen LogP contribution in [0.4, 0.5) is 0 Å². The first-order valence-corrected chi connectivity index (χ1v) is 4.84. The summed E-state index contributed by atoms with van der Waals surface area (Å²) in [6, 6.07) is 0. The number of hydrogen-bond donors (Lipinski definition) is 1. The molecule has 0 spiro atoms. The van der Waals surface area contributed by atoms with E-state index in [0.29, 0.717) is 11.3 Å². The molecule has 2 aromatic rings. The lowest BCUT2D eigenvalue weighted by molar-refractivity contribution is 0.0684. The van der Waals surface area contributed by atoms with Crippen molar-refractivity contribution in [2.45, 2.75) is 26.2 Å². The Morgan fingerprint density at radius 1 is 1.38 bits per heavy atom. The van der Waals surface area contributed by atoms with Crippen molar-refractivity contribution in [3.05, 3.63) is 23.8 Å². The molecule has 16 heavy (non-hydrogen) atoms. The van der Waals surface area contributed by atoms with Gasteiger partial charge in [0.1, 0.15) is 6.33 Å². The monoisotopic (exact) mass is 220 g/mol. The maximum atomic E-state index is 11.3. The van der Waals surface area contributed by atoms with Crippen LogP contribution in [0.1, 0.15) is 36.8 Å². The number of carboxylic acids is 1. The maximum absolute atomic E-state index is 11.3. The first kappa shape index (κ1) is 10.5. The number of rotatable bonds is 1. The van der Waals surface area contributed by atoms with Gasteiger partial charge in [0, 0.05) is 11.8 Å². The molecule has 0 unspecified atom stereocenters. The predicted molar refractivity (Wildman–Crippen MR) is 56.4 cm³/mol. The number of carboxylic acid groups (broad SMARTS) is 1. The SMILES string of the molecule is CC(C)(C)c1cnc2ncnn2c1C(=O)O. The zero-order valence-corrected chi connectivity index (χ0v) is 9.30. The smallest absolute Gasteiger partial charge is 0.355 e. The van der Waals surface area contributed by atoms with Crippen LogP contribution < -0.4 is 0 Å². The highest BCUT2D eigenvalue weighted by Crippen LogP contribution is 2.25. The Balaban J connectivity index is 2.84. The molecule has 0 atom stereocenters. The van der Waals surface area contributed by atoms with E-state index in [4.69, 9.17) is 0 Å². The molecule has 0 fully saturated rings. The van der Waals surface area contributed by atoms with Crippen molar-refractivity contribution in [2.75, 3.05) is 0 Å². The minimum Gasteiger partial charge on any atom is -0.476 e. The highest BCUT2D eigenvalue weighted by atomic mass is 16.4. The van der Waals surface area contributed by atoms with Gasteiger partial charge >= 0.3 is 5.97 Å². The standard InChI is InChI=1S/C10H12N4O2/c1-10(2,3)6-4-11-9-12-5-13-14(9)7(6)8(15)16/h4-5H,1-3H3,(H,15,16). The summed E-state index contributed by atoms with van der Waals surface area (Å²) < 4.78 is 1.25. The second kappa shape index (κ2) is 3.26. The van der Waals surface area contributed by atoms with E-state index in [2.05, 4.69) is 15.1 Å². The third-order valence-electron chi connectivity index (χ3n) is 2.32. The molecule has 6 heteroatoms. The predicted octanol–water partition coefficient (Wildman–Crippen LogP) is 1.12. The van der Waals surface area contributed by atoms with E-state index in [1.54, 1.807) is 6.20 Å². The van der Waals surface area contributed by atoms with Gasteiger partial charge in [0.2, 0.25) is 0 Å². The van der Waals surface area contributed by atoms with Crippen LogP contribution in [0.3, 0.4) is 0 Å². The number of aromatic nitrogens is 4. The highest BCUT2D eigenvalue weighted by Gasteiger charge is 2.25. The molecule has 0 bridgehead atoms. The molecule has 0 saturated carbocycles. The van der Waals surface area contributed by atoms with Crippen LogP contribution in [-0.2, 0) is 5.41 Å². The highest BCUT2D eigenvalue weighted by molar-refractivity contribution is 5.88. The number of hydrogen-bond acceptors (Lipinski definition) is 4. The molecule has 2 heterocycles. The van der Waals surface area contributed by atoms with Crippen LogP contribution in [0, 0.1) is 0 Å². The van der Waals surface area contributed by atoms with Crippen molar-refractivity contribution in [3.8, 4) is 0 Å². The van der Waals surface area contributed by atoms with E-state index in [1.807, 2.05) is 20.8 Å². The Hall–Kier alpha value is -1.98. The molecule has 2 rings (SSSR count). The van der Waals surface area contributed by atoms with Crippen molar-refractivity contribution in [1.29, 1.82) is 0 Å². The van der Waals surface area contributed by atoms with Crippen LogP contribution in [0.25, 0.3) is 5.78 Å². The van der Waals surface area contributed by atoms with Gasteiger partial charge in [-0.15, -0.1) is 0 Å². The Morgan fingerprint density at radius 3 is 2.62 bits per heavy atom. The van der Waals surface area contributed by atoms with E-state index >= 15 is 0 Å². The fourth-order valence-electron chi connectivity index (χ4n) is 1.53. The Morgan fingerprint density at radius 2 is 2.06 bits per heavy atom. The Labute approximate surface area is 92.0 Å². The van der Waals surface area contributed by atoms with Gasteiger partial charge in [-0.25, -0.2) is 9.78 Å². The molecule has 0 aliphatic heterocycles. The molecule has 0 aliphatic carbocycles. The average Bonchev–Trinajstić information content (AvgIpc) is 2.61. The number of aromatic carboxylic acids is 1. The summed E-state index contributed by atoms with van der Waals surface area (Å²) in [5.74, 6) is -0.728. The van der Waals surface area contributed by atoms with Crippen molar-refractivity contribution in [1.82, 2.24) is 19.6 Å². The number of nitrogens with zero attached hydrogens (tertiary/aromatic N) is 4. The largest absolute Gasteiger partial charge is 0.476 e. The van der Waals surface area contributed by atoms with Gasteiger partial charge in [0.15, 0.2) is 5.69 Å². The van der Waals surface area contributed by atoms with Gasteiger partial charge in [-0.2, -0.15) is 14.6 Å². The van der Waals surface area contributed by atoms with Gasteiger partial charge in [0.05, 0.1) is 0 Å². The van der Waals surface area contributed by atoms with Gasteiger partial charge in [-0.05, 0) is 5.41 Å². The minimum absolute atomic E-state index is 0.120. The lowest BCUT2D eigenvalue weighted by Gasteiger charge is -2.20. The number of fused-ring (bicyclic) bond motifs is 1. The van der Waals surface area contributed by atoms with Crippen molar-refractivity contribution in [2.24, 2.45) is 0 Å². The third-order valence-corrected chi connectivity index (χ3v) is 2.32. The van der Waals surface area contributed by atoms with Crippen LogP contribution in [0.5, 0.6) is 0 Å². The van der Waals surface area contributed by atoms with Crippen LogP contribution in [-0.4, -0.2) is 30.7 Å². The molecule has 1 N–H and O–H groups in total.